The van der Waals surface area contributed by atoms with E-state index in [0.29, 0.717) is 47.1 Å². The van der Waals surface area contributed by atoms with E-state index in [1.54, 1.807) is 6.07 Å². The zero-order valence-corrected chi connectivity index (χ0v) is 18.4. The van der Waals surface area contributed by atoms with Crippen molar-refractivity contribution in [2.45, 2.75) is 18.9 Å². The van der Waals surface area contributed by atoms with Crippen molar-refractivity contribution < 1.29 is 18.6 Å². The molecule has 0 aliphatic carbocycles. The third kappa shape index (κ3) is 4.94. The Morgan fingerprint density at radius 2 is 2.07 bits per heavy atom. The summed E-state index contributed by atoms with van der Waals surface area (Å²) in [5.74, 6) is 1.27. The third-order valence-electron chi connectivity index (χ3n) is 4.67. The highest BCUT2D eigenvalue weighted by molar-refractivity contribution is 9.09. The molecular weight excluding hydrogens is 477 g/mol. The summed E-state index contributed by atoms with van der Waals surface area (Å²) in [5, 5.41) is 4.64. The number of rotatable bonds is 8. The van der Waals surface area contributed by atoms with E-state index in [2.05, 4.69) is 31.2 Å². The molecular formula is C21H20BrClFN3O3. The van der Waals surface area contributed by atoms with Crippen LogP contribution in [-0.2, 0) is 4.74 Å². The van der Waals surface area contributed by atoms with Crippen molar-refractivity contribution >= 4 is 49.9 Å². The lowest BCUT2D eigenvalue weighted by Gasteiger charge is -2.17. The molecule has 0 amide bonds. The smallest absolute Gasteiger partial charge is 0.163 e. The van der Waals surface area contributed by atoms with Crippen LogP contribution in [0.3, 0.4) is 0 Å². The zero-order valence-electron chi connectivity index (χ0n) is 16.0. The van der Waals surface area contributed by atoms with Crippen LogP contribution in [0.5, 0.6) is 11.5 Å². The Hall–Kier alpha value is -2.16. The van der Waals surface area contributed by atoms with Gasteiger partial charge in [0.2, 0.25) is 0 Å². The first kappa shape index (κ1) is 21.1. The molecule has 6 nitrogen and oxygen atoms in total. The summed E-state index contributed by atoms with van der Waals surface area (Å²) in [7, 11) is 0. The Balaban J connectivity index is 1.66. The van der Waals surface area contributed by atoms with Crippen molar-refractivity contribution in [1.82, 2.24) is 9.97 Å². The Morgan fingerprint density at radius 3 is 2.83 bits per heavy atom. The average Bonchev–Trinajstić information content (AvgIpc) is 3.27. The number of hydrogen-bond donors (Lipinski definition) is 1. The van der Waals surface area contributed by atoms with Crippen molar-refractivity contribution in [1.29, 1.82) is 0 Å². The summed E-state index contributed by atoms with van der Waals surface area (Å²) in [6.07, 6.45) is 3.56. The van der Waals surface area contributed by atoms with Crippen LogP contribution in [0.4, 0.5) is 15.9 Å². The molecule has 0 saturated carbocycles. The molecule has 2 heterocycles. The maximum Gasteiger partial charge on any atom is 0.163 e. The number of alkyl halides is 1. The van der Waals surface area contributed by atoms with E-state index < -0.39 is 5.82 Å². The number of anilines is 2. The highest BCUT2D eigenvalue weighted by atomic mass is 79.9. The Morgan fingerprint density at radius 1 is 1.20 bits per heavy atom. The molecule has 1 aromatic heterocycles. The average molecular weight is 497 g/mol. The van der Waals surface area contributed by atoms with Crippen LogP contribution in [0, 0.1) is 5.82 Å². The fraction of sp³-hybridized carbons (Fsp3) is 0.333. The van der Waals surface area contributed by atoms with Crippen LogP contribution >= 0.6 is 27.5 Å². The molecule has 1 N–H and O–H groups in total. The van der Waals surface area contributed by atoms with Gasteiger partial charge in [-0.25, -0.2) is 14.4 Å². The first-order valence-corrected chi connectivity index (χ1v) is 11.1. The van der Waals surface area contributed by atoms with Crippen LogP contribution in [0.15, 0.2) is 36.7 Å². The van der Waals surface area contributed by atoms with E-state index in [1.807, 2.05) is 12.1 Å². The second kappa shape index (κ2) is 9.76. The summed E-state index contributed by atoms with van der Waals surface area (Å²) < 4.78 is 31.0. The summed E-state index contributed by atoms with van der Waals surface area (Å²) in [6, 6.07) is 8.08. The summed E-state index contributed by atoms with van der Waals surface area (Å²) in [5.41, 5.74) is 1.30. The van der Waals surface area contributed by atoms with Gasteiger partial charge in [0.05, 0.1) is 23.3 Å². The van der Waals surface area contributed by atoms with E-state index in [0.717, 1.165) is 24.8 Å². The molecule has 4 rings (SSSR count). The fourth-order valence-electron chi connectivity index (χ4n) is 3.21. The quantitative estimate of drug-likeness (QED) is 0.416. The molecule has 1 saturated heterocycles. The van der Waals surface area contributed by atoms with E-state index in [1.165, 1.54) is 18.5 Å². The van der Waals surface area contributed by atoms with Gasteiger partial charge in [0, 0.05) is 29.1 Å². The number of halogens is 3. The number of hydrogen-bond acceptors (Lipinski definition) is 6. The lowest BCUT2D eigenvalue weighted by Crippen LogP contribution is -2.16. The monoisotopic (exact) mass is 495 g/mol. The van der Waals surface area contributed by atoms with E-state index in [9.17, 15) is 4.39 Å². The second-order valence-electron chi connectivity index (χ2n) is 6.78. The fourth-order valence-corrected chi connectivity index (χ4v) is 3.55. The van der Waals surface area contributed by atoms with E-state index in [4.69, 9.17) is 25.8 Å². The molecule has 1 fully saturated rings. The molecule has 3 aromatic rings. The molecule has 2 aromatic carbocycles. The first-order valence-electron chi connectivity index (χ1n) is 9.58. The van der Waals surface area contributed by atoms with Crippen molar-refractivity contribution in [3.8, 4) is 11.5 Å². The molecule has 158 valence electrons. The molecule has 9 heteroatoms. The molecule has 0 unspecified atom stereocenters. The van der Waals surface area contributed by atoms with Gasteiger partial charge in [-0.3, -0.25) is 0 Å². The Bertz CT molecular complexity index is 1030. The molecule has 0 bridgehead atoms. The topological polar surface area (TPSA) is 65.5 Å². The van der Waals surface area contributed by atoms with E-state index in [-0.39, 0.29) is 11.1 Å². The summed E-state index contributed by atoms with van der Waals surface area (Å²) in [4.78, 5) is 8.69. The largest absolute Gasteiger partial charge is 0.489 e. The van der Waals surface area contributed by atoms with Crippen molar-refractivity contribution in [2.24, 2.45) is 0 Å². The maximum absolute atomic E-state index is 13.5. The Labute approximate surface area is 186 Å². The highest BCUT2D eigenvalue weighted by Gasteiger charge is 2.18. The normalized spacial score (nSPS) is 16.0. The number of ether oxygens (including phenoxy) is 3. The van der Waals surface area contributed by atoms with Crippen molar-refractivity contribution in [3.63, 3.8) is 0 Å². The van der Waals surface area contributed by atoms with Crippen molar-refractivity contribution in [3.05, 3.63) is 47.5 Å². The van der Waals surface area contributed by atoms with Gasteiger partial charge < -0.3 is 19.5 Å². The number of nitrogens with one attached hydrogen (secondary N) is 1. The lowest BCUT2D eigenvalue weighted by molar-refractivity contribution is 0.0668. The molecule has 1 aliphatic rings. The second-order valence-corrected chi connectivity index (χ2v) is 7.98. The molecule has 0 spiro atoms. The predicted octanol–water partition coefficient (Wildman–Crippen LogP) is 5.50. The van der Waals surface area contributed by atoms with Gasteiger partial charge in [0.25, 0.3) is 0 Å². The van der Waals surface area contributed by atoms with Gasteiger partial charge in [-0.05, 0) is 37.1 Å². The number of nitrogens with zero attached hydrogens (tertiary/aromatic N) is 2. The van der Waals surface area contributed by atoms with Gasteiger partial charge in [0.1, 0.15) is 24.6 Å². The van der Waals surface area contributed by atoms with Crippen LogP contribution in [0.2, 0.25) is 5.02 Å². The van der Waals surface area contributed by atoms with Gasteiger partial charge in [0.15, 0.2) is 11.5 Å². The molecule has 1 atom stereocenters. The standard InChI is InChI=1S/C21H20BrClFN3O3/c22-5-7-29-20-10-18-15(9-19(20)30-11-14-2-1-6-28-14)21(26-12-25-18)27-13-3-4-17(24)16(23)8-13/h3-4,8-10,12,14H,1-2,5-7,11H2,(H,25,26,27)/t14-/m0/s1. The predicted molar refractivity (Wildman–Crippen MR) is 118 cm³/mol. The molecule has 30 heavy (non-hydrogen) atoms. The van der Waals surface area contributed by atoms with Crippen LogP contribution in [-0.4, -0.2) is 41.2 Å². The van der Waals surface area contributed by atoms with Crippen LogP contribution < -0.4 is 14.8 Å². The Kier molecular flexibility index (Phi) is 6.86. The number of aromatic nitrogens is 2. The van der Waals surface area contributed by atoms with Gasteiger partial charge in [-0.1, -0.05) is 27.5 Å². The third-order valence-corrected chi connectivity index (χ3v) is 5.28. The first-order chi connectivity index (χ1) is 14.6. The number of benzene rings is 2. The maximum atomic E-state index is 13.5. The SMILES string of the molecule is Fc1ccc(Nc2ncnc3cc(OCCBr)c(OC[C@@H]4CCCO4)cc23)cc1Cl. The minimum atomic E-state index is -0.479. The van der Waals surface area contributed by atoms with Gasteiger partial charge in [-0.2, -0.15) is 0 Å². The minimum absolute atomic E-state index is 0.0319. The number of fused-ring (bicyclic) bond motifs is 1. The summed E-state index contributed by atoms with van der Waals surface area (Å²) >= 11 is 9.27. The van der Waals surface area contributed by atoms with Crippen molar-refractivity contribution in [2.75, 3.05) is 30.5 Å². The zero-order chi connectivity index (χ0) is 20.9. The van der Waals surface area contributed by atoms with Crippen LogP contribution in [0.25, 0.3) is 10.9 Å². The lowest BCUT2D eigenvalue weighted by atomic mass is 10.2. The molecule has 0 radical (unpaired) electrons. The highest BCUT2D eigenvalue weighted by Crippen LogP contribution is 2.35. The van der Waals surface area contributed by atoms with Gasteiger partial charge >= 0.3 is 0 Å². The van der Waals surface area contributed by atoms with E-state index >= 15 is 0 Å². The minimum Gasteiger partial charge on any atom is -0.489 e. The molecule has 1 aliphatic heterocycles. The summed E-state index contributed by atoms with van der Waals surface area (Å²) in [6.45, 7) is 1.70. The van der Waals surface area contributed by atoms with Crippen LogP contribution in [0.1, 0.15) is 12.8 Å². The van der Waals surface area contributed by atoms with Gasteiger partial charge in [-0.15, -0.1) is 0 Å².